The fraction of sp³-hybridized carbons (Fsp3) is 0.909. The van der Waals surface area contributed by atoms with Gasteiger partial charge in [0.1, 0.15) is 0 Å². The molecule has 0 saturated carbocycles. The van der Waals surface area contributed by atoms with Gasteiger partial charge in [0.15, 0.2) is 0 Å². The molecular formula is C22H42. The summed E-state index contributed by atoms with van der Waals surface area (Å²) in [6.07, 6.45) is 25.0. The maximum atomic E-state index is 3.28. The summed E-state index contributed by atoms with van der Waals surface area (Å²) in [5.74, 6) is 6.52. The first kappa shape index (κ1) is 21.6. The second-order valence-electron chi connectivity index (χ2n) is 6.80. The number of hydrogen-bond acceptors (Lipinski definition) is 0. The minimum atomic E-state index is 1.08. The summed E-state index contributed by atoms with van der Waals surface area (Å²) in [4.78, 5) is 0. The van der Waals surface area contributed by atoms with Crippen molar-refractivity contribution in [1.29, 1.82) is 0 Å². The number of unbranched alkanes of at least 4 members (excludes halogenated alkanes) is 16. The summed E-state index contributed by atoms with van der Waals surface area (Å²) in [5.41, 5.74) is 0. The maximum Gasteiger partial charge on any atom is 0.00886 e. The molecule has 0 aromatic carbocycles. The van der Waals surface area contributed by atoms with Gasteiger partial charge in [-0.15, -0.1) is 11.8 Å². The van der Waals surface area contributed by atoms with Gasteiger partial charge in [-0.3, -0.25) is 0 Å². The first-order valence-corrected chi connectivity index (χ1v) is 10.4. The number of hydrogen-bond donors (Lipinski definition) is 0. The molecule has 0 aromatic heterocycles. The molecule has 0 heteroatoms. The Hall–Kier alpha value is -0.440. The highest BCUT2D eigenvalue weighted by Crippen LogP contribution is 2.13. The molecule has 0 atom stereocenters. The molecule has 0 bridgehead atoms. The van der Waals surface area contributed by atoms with Crippen molar-refractivity contribution in [3.05, 3.63) is 0 Å². The van der Waals surface area contributed by atoms with Gasteiger partial charge in [0.25, 0.3) is 0 Å². The lowest BCUT2D eigenvalue weighted by molar-refractivity contribution is 0.533. The Bertz CT molecular complexity index is 242. The molecule has 0 N–H and O–H groups in total. The monoisotopic (exact) mass is 306 g/mol. The molecule has 0 aliphatic rings. The quantitative estimate of drug-likeness (QED) is 0.200. The first-order valence-electron chi connectivity index (χ1n) is 10.4. The Morgan fingerprint density at radius 3 is 1.14 bits per heavy atom. The van der Waals surface area contributed by atoms with E-state index in [1.807, 2.05) is 0 Å². The zero-order valence-electron chi connectivity index (χ0n) is 15.7. The van der Waals surface area contributed by atoms with Crippen molar-refractivity contribution < 1.29 is 0 Å². The topological polar surface area (TPSA) is 0 Å². The highest BCUT2D eigenvalue weighted by atomic mass is 14.0. The Kier molecular flexibility index (Phi) is 20.1. The molecule has 130 valence electrons. The first-order chi connectivity index (χ1) is 10.9. The van der Waals surface area contributed by atoms with Gasteiger partial charge in [0.05, 0.1) is 0 Å². The van der Waals surface area contributed by atoms with Crippen LogP contribution < -0.4 is 0 Å². The lowest BCUT2D eigenvalue weighted by atomic mass is 10.0. The van der Waals surface area contributed by atoms with Gasteiger partial charge in [-0.25, -0.2) is 0 Å². The molecule has 0 aliphatic carbocycles. The van der Waals surface area contributed by atoms with Gasteiger partial charge in [-0.05, 0) is 12.8 Å². The third kappa shape index (κ3) is 19.6. The van der Waals surface area contributed by atoms with Crippen LogP contribution in [-0.4, -0.2) is 0 Å². The van der Waals surface area contributed by atoms with E-state index in [9.17, 15) is 0 Å². The van der Waals surface area contributed by atoms with Crippen LogP contribution in [0.15, 0.2) is 0 Å². The highest BCUT2D eigenvalue weighted by Gasteiger charge is 1.94. The van der Waals surface area contributed by atoms with E-state index >= 15 is 0 Å². The summed E-state index contributed by atoms with van der Waals surface area (Å²) < 4.78 is 0. The molecule has 0 spiro atoms. The molecule has 0 amide bonds. The van der Waals surface area contributed by atoms with Crippen molar-refractivity contribution in [3.63, 3.8) is 0 Å². The summed E-state index contributed by atoms with van der Waals surface area (Å²) in [6.45, 7) is 4.49. The third-order valence-corrected chi connectivity index (χ3v) is 4.41. The number of rotatable bonds is 16. The average molecular weight is 307 g/mol. The van der Waals surface area contributed by atoms with Crippen LogP contribution in [0.4, 0.5) is 0 Å². The molecule has 0 nitrogen and oxygen atoms in total. The van der Waals surface area contributed by atoms with Gasteiger partial charge >= 0.3 is 0 Å². The predicted octanol–water partition coefficient (Wildman–Crippen LogP) is 8.05. The summed E-state index contributed by atoms with van der Waals surface area (Å²) in [7, 11) is 0. The Morgan fingerprint density at radius 2 is 0.727 bits per heavy atom. The highest BCUT2D eigenvalue weighted by molar-refractivity contribution is 4.98. The summed E-state index contributed by atoms with van der Waals surface area (Å²) in [5, 5.41) is 0. The summed E-state index contributed by atoms with van der Waals surface area (Å²) >= 11 is 0. The van der Waals surface area contributed by atoms with E-state index in [1.165, 1.54) is 103 Å². The van der Waals surface area contributed by atoms with Crippen LogP contribution in [0, 0.1) is 11.8 Å². The molecular weight excluding hydrogens is 264 g/mol. The Balaban J connectivity index is 2.99. The van der Waals surface area contributed by atoms with E-state index < -0.39 is 0 Å². The van der Waals surface area contributed by atoms with E-state index in [1.54, 1.807) is 0 Å². The van der Waals surface area contributed by atoms with Gasteiger partial charge in [0, 0.05) is 12.8 Å². The zero-order chi connectivity index (χ0) is 16.1. The van der Waals surface area contributed by atoms with Crippen LogP contribution in [0.3, 0.4) is 0 Å². The standard InChI is InChI=1S/C22H42/c1-3-5-7-9-11-13-15-17-19-21-22-20-18-16-14-12-10-8-6-4-2/h3-7,9,11-22H2,1-2H3. The molecule has 22 heavy (non-hydrogen) atoms. The normalized spacial score (nSPS) is 10.5. The van der Waals surface area contributed by atoms with Crippen LogP contribution in [0.1, 0.15) is 129 Å². The van der Waals surface area contributed by atoms with Crippen LogP contribution in [0.25, 0.3) is 0 Å². The summed E-state index contributed by atoms with van der Waals surface area (Å²) in [6, 6.07) is 0. The van der Waals surface area contributed by atoms with Crippen LogP contribution in [0.5, 0.6) is 0 Å². The zero-order valence-corrected chi connectivity index (χ0v) is 15.7. The molecule has 0 heterocycles. The van der Waals surface area contributed by atoms with Crippen molar-refractivity contribution in [2.45, 2.75) is 129 Å². The molecule has 0 fully saturated rings. The van der Waals surface area contributed by atoms with Gasteiger partial charge in [0.2, 0.25) is 0 Å². The maximum absolute atomic E-state index is 3.28. The Labute approximate surface area is 141 Å². The molecule has 0 aromatic rings. The van der Waals surface area contributed by atoms with Crippen LogP contribution >= 0.6 is 0 Å². The largest absolute Gasteiger partial charge is 0.103 e. The van der Waals surface area contributed by atoms with E-state index in [4.69, 9.17) is 0 Å². The molecule has 0 rings (SSSR count). The van der Waals surface area contributed by atoms with Crippen molar-refractivity contribution in [2.75, 3.05) is 0 Å². The van der Waals surface area contributed by atoms with Gasteiger partial charge in [-0.1, -0.05) is 104 Å². The second-order valence-corrected chi connectivity index (χ2v) is 6.80. The van der Waals surface area contributed by atoms with E-state index in [0.717, 1.165) is 12.8 Å². The fourth-order valence-electron chi connectivity index (χ4n) is 2.89. The van der Waals surface area contributed by atoms with E-state index in [2.05, 4.69) is 25.7 Å². The average Bonchev–Trinajstić information content (AvgIpc) is 2.54. The Morgan fingerprint density at radius 1 is 0.364 bits per heavy atom. The lowest BCUT2D eigenvalue weighted by Gasteiger charge is -2.03. The molecule has 0 radical (unpaired) electrons. The molecule has 0 saturated heterocycles. The second kappa shape index (κ2) is 20.6. The van der Waals surface area contributed by atoms with E-state index in [-0.39, 0.29) is 0 Å². The van der Waals surface area contributed by atoms with Gasteiger partial charge < -0.3 is 0 Å². The van der Waals surface area contributed by atoms with Crippen molar-refractivity contribution >= 4 is 0 Å². The van der Waals surface area contributed by atoms with Gasteiger partial charge in [-0.2, -0.15) is 0 Å². The van der Waals surface area contributed by atoms with Crippen molar-refractivity contribution in [3.8, 4) is 11.8 Å². The minimum Gasteiger partial charge on any atom is -0.103 e. The molecule has 0 aliphatic heterocycles. The van der Waals surface area contributed by atoms with E-state index in [0.29, 0.717) is 0 Å². The van der Waals surface area contributed by atoms with Crippen LogP contribution in [0.2, 0.25) is 0 Å². The SMILES string of the molecule is CCCC#CCCCCCCCCCCCCCCCCC. The predicted molar refractivity (Wildman–Crippen MR) is 102 cm³/mol. The smallest absolute Gasteiger partial charge is 0.00886 e. The third-order valence-electron chi connectivity index (χ3n) is 4.41. The van der Waals surface area contributed by atoms with Crippen LogP contribution in [-0.2, 0) is 0 Å². The minimum absolute atomic E-state index is 1.08. The fourth-order valence-corrected chi connectivity index (χ4v) is 2.89. The molecule has 0 unspecified atom stereocenters. The van der Waals surface area contributed by atoms with Crippen molar-refractivity contribution in [1.82, 2.24) is 0 Å². The lowest BCUT2D eigenvalue weighted by Crippen LogP contribution is -1.83. The van der Waals surface area contributed by atoms with Crippen molar-refractivity contribution in [2.24, 2.45) is 0 Å².